The van der Waals surface area contributed by atoms with Gasteiger partial charge in [-0.3, -0.25) is 14.5 Å². The molecular formula is C18H23ClN2O2. The lowest BCUT2D eigenvalue weighted by molar-refractivity contribution is -0.131. The first-order chi connectivity index (χ1) is 11.1. The number of halogens is 1. The second-order valence-corrected chi connectivity index (χ2v) is 6.95. The van der Waals surface area contributed by atoms with Crippen LogP contribution in [0.2, 0.25) is 5.02 Å². The third-order valence-corrected chi connectivity index (χ3v) is 5.16. The molecule has 0 unspecified atom stereocenters. The zero-order chi connectivity index (χ0) is 16.2. The standard InChI is InChI=1S/C18H23ClN2O2/c19-16-5-3-14(4-6-16)18(23)15-7-11-20(12-8-15)13-17(22)21-9-1-2-10-21/h3-6,15H,1-2,7-13H2. The number of carbonyl (C=O) groups is 2. The summed E-state index contributed by atoms with van der Waals surface area (Å²) in [6, 6.07) is 7.12. The third kappa shape index (κ3) is 4.12. The fourth-order valence-electron chi connectivity index (χ4n) is 3.46. The van der Waals surface area contributed by atoms with Gasteiger partial charge in [0, 0.05) is 29.6 Å². The Morgan fingerprint density at radius 1 is 1.00 bits per heavy atom. The second kappa shape index (κ2) is 7.45. The monoisotopic (exact) mass is 334 g/mol. The Labute approximate surface area is 142 Å². The van der Waals surface area contributed by atoms with Crippen LogP contribution >= 0.6 is 11.6 Å². The van der Waals surface area contributed by atoms with Gasteiger partial charge in [0.15, 0.2) is 5.78 Å². The summed E-state index contributed by atoms with van der Waals surface area (Å²) in [7, 11) is 0. The molecule has 2 aliphatic rings. The minimum atomic E-state index is 0.0642. The maximum atomic E-state index is 12.5. The first kappa shape index (κ1) is 16.5. The summed E-state index contributed by atoms with van der Waals surface area (Å²) < 4.78 is 0. The number of hydrogen-bond acceptors (Lipinski definition) is 3. The molecule has 0 bridgehead atoms. The molecule has 0 aliphatic carbocycles. The smallest absolute Gasteiger partial charge is 0.236 e. The van der Waals surface area contributed by atoms with Crippen molar-refractivity contribution >= 4 is 23.3 Å². The lowest BCUT2D eigenvalue weighted by atomic mass is 9.89. The zero-order valence-electron chi connectivity index (χ0n) is 13.3. The number of hydrogen-bond donors (Lipinski definition) is 0. The molecule has 0 spiro atoms. The quantitative estimate of drug-likeness (QED) is 0.795. The lowest BCUT2D eigenvalue weighted by Gasteiger charge is -2.31. The molecule has 1 amide bonds. The van der Waals surface area contributed by atoms with E-state index >= 15 is 0 Å². The van der Waals surface area contributed by atoms with Crippen LogP contribution in [0.4, 0.5) is 0 Å². The van der Waals surface area contributed by atoms with Crippen molar-refractivity contribution in [1.29, 1.82) is 0 Å². The van der Waals surface area contributed by atoms with E-state index in [0.717, 1.165) is 57.4 Å². The van der Waals surface area contributed by atoms with Gasteiger partial charge in [-0.2, -0.15) is 0 Å². The van der Waals surface area contributed by atoms with Crippen LogP contribution in [0.25, 0.3) is 0 Å². The average Bonchev–Trinajstić information content (AvgIpc) is 3.10. The molecule has 2 saturated heterocycles. The van der Waals surface area contributed by atoms with Crippen molar-refractivity contribution in [3.63, 3.8) is 0 Å². The number of amides is 1. The van der Waals surface area contributed by atoms with Crippen LogP contribution in [0.1, 0.15) is 36.0 Å². The molecule has 1 aromatic carbocycles. The Hall–Kier alpha value is -1.39. The van der Waals surface area contributed by atoms with Crippen LogP contribution in [0, 0.1) is 5.92 Å². The van der Waals surface area contributed by atoms with Crippen LogP contribution in [-0.2, 0) is 4.79 Å². The molecule has 1 aromatic rings. The molecule has 2 aliphatic heterocycles. The number of likely N-dealkylation sites (tertiary alicyclic amines) is 2. The summed E-state index contributed by atoms with van der Waals surface area (Å²) in [5, 5.41) is 0.650. The Kier molecular flexibility index (Phi) is 5.34. The fraction of sp³-hybridized carbons (Fsp3) is 0.556. The maximum Gasteiger partial charge on any atom is 0.236 e. The number of piperidine rings is 1. The summed E-state index contributed by atoms with van der Waals surface area (Å²) in [5.74, 6) is 0.506. The van der Waals surface area contributed by atoms with E-state index < -0.39 is 0 Å². The first-order valence-electron chi connectivity index (χ1n) is 8.43. The minimum absolute atomic E-state index is 0.0642. The number of nitrogens with zero attached hydrogens (tertiary/aromatic N) is 2. The van der Waals surface area contributed by atoms with Gasteiger partial charge in [0.2, 0.25) is 5.91 Å². The highest BCUT2D eigenvalue weighted by Crippen LogP contribution is 2.23. The minimum Gasteiger partial charge on any atom is -0.342 e. The molecule has 5 heteroatoms. The average molecular weight is 335 g/mol. The summed E-state index contributed by atoms with van der Waals surface area (Å²) in [5.41, 5.74) is 0.737. The Morgan fingerprint density at radius 2 is 1.61 bits per heavy atom. The topological polar surface area (TPSA) is 40.6 Å². The molecule has 0 radical (unpaired) electrons. The van der Waals surface area contributed by atoms with E-state index in [9.17, 15) is 9.59 Å². The van der Waals surface area contributed by atoms with Gasteiger partial charge in [0.25, 0.3) is 0 Å². The van der Waals surface area contributed by atoms with E-state index in [1.54, 1.807) is 24.3 Å². The van der Waals surface area contributed by atoms with E-state index in [0.29, 0.717) is 11.6 Å². The van der Waals surface area contributed by atoms with Crippen LogP contribution in [0.3, 0.4) is 0 Å². The van der Waals surface area contributed by atoms with E-state index in [1.165, 1.54) is 0 Å². The predicted molar refractivity (Wildman–Crippen MR) is 90.8 cm³/mol. The second-order valence-electron chi connectivity index (χ2n) is 6.51. The van der Waals surface area contributed by atoms with Crippen molar-refractivity contribution in [2.75, 3.05) is 32.7 Å². The fourth-order valence-corrected chi connectivity index (χ4v) is 3.59. The molecule has 0 N–H and O–H groups in total. The normalized spacial score (nSPS) is 20.0. The van der Waals surface area contributed by atoms with E-state index in [2.05, 4.69) is 4.90 Å². The molecule has 0 saturated carbocycles. The van der Waals surface area contributed by atoms with Gasteiger partial charge in [-0.1, -0.05) is 11.6 Å². The van der Waals surface area contributed by atoms with Crippen molar-refractivity contribution in [1.82, 2.24) is 9.80 Å². The highest BCUT2D eigenvalue weighted by molar-refractivity contribution is 6.30. The molecule has 2 fully saturated rings. The van der Waals surface area contributed by atoms with Crippen molar-refractivity contribution in [2.24, 2.45) is 5.92 Å². The molecule has 4 nitrogen and oxygen atoms in total. The van der Waals surface area contributed by atoms with Gasteiger partial charge >= 0.3 is 0 Å². The van der Waals surface area contributed by atoms with Crippen LogP contribution in [0.15, 0.2) is 24.3 Å². The highest BCUT2D eigenvalue weighted by atomic mass is 35.5. The molecule has 0 aromatic heterocycles. The Balaban J connectivity index is 1.49. The number of ketones is 1. The maximum absolute atomic E-state index is 12.5. The van der Waals surface area contributed by atoms with Gasteiger partial charge in [-0.05, 0) is 63.0 Å². The molecule has 124 valence electrons. The molecular weight excluding hydrogens is 312 g/mol. The third-order valence-electron chi connectivity index (χ3n) is 4.90. The number of carbonyl (C=O) groups excluding carboxylic acids is 2. The Morgan fingerprint density at radius 3 is 2.22 bits per heavy atom. The number of rotatable bonds is 4. The van der Waals surface area contributed by atoms with Crippen LogP contribution in [-0.4, -0.2) is 54.2 Å². The molecule has 23 heavy (non-hydrogen) atoms. The molecule has 2 heterocycles. The van der Waals surface area contributed by atoms with Crippen molar-refractivity contribution in [3.05, 3.63) is 34.9 Å². The van der Waals surface area contributed by atoms with E-state index in [-0.39, 0.29) is 17.6 Å². The van der Waals surface area contributed by atoms with E-state index in [1.807, 2.05) is 4.90 Å². The SMILES string of the molecule is O=C(c1ccc(Cl)cc1)C1CCN(CC(=O)N2CCCC2)CC1. The predicted octanol–water partition coefficient (Wildman–Crippen LogP) is 2.86. The van der Waals surface area contributed by atoms with E-state index in [4.69, 9.17) is 11.6 Å². The summed E-state index contributed by atoms with van der Waals surface area (Å²) >= 11 is 5.87. The molecule has 0 atom stereocenters. The molecule has 3 rings (SSSR count). The van der Waals surface area contributed by atoms with Gasteiger partial charge in [-0.15, -0.1) is 0 Å². The first-order valence-corrected chi connectivity index (χ1v) is 8.81. The summed E-state index contributed by atoms with van der Waals surface area (Å²) in [4.78, 5) is 28.8. The summed E-state index contributed by atoms with van der Waals surface area (Å²) in [6.45, 7) is 3.96. The van der Waals surface area contributed by atoms with Gasteiger partial charge in [0.1, 0.15) is 0 Å². The number of benzene rings is 1. The number of Topliss-reactive ketones (excluding diaryl/α,β-unsaturated/α-hetero) is 1. The van der Waals surface area contributed by atoms with Crippen molar-refractivity contribution in [2.45, 2.75) is 25.7 Å². The zero-order valence-corrected chi connectivity index (χ0v) is 14.1. The largest absolute Gasteiger partial charge is 0.342 e. The van der Waals surface area contributed by atoms with Crippen molar-refractivity contribution in [3.8, 4) is 0 Å². The van der Waals surface area contributed by atoms with Gasteiger partial charge < -0.3 is 4.90 Å². The van der Waals surface area contributed by atoms with Crippen LogP contribution in [0.5, 0.6) is 0 Å². The Bertz CT molecular complexity index is 559. The highest BCUT2D eigenvalue weighted by Gasteiger charge is 2.28. The lowest BCUT2D eigenvalue weighted by Crippen LogP contribution is -2.43. The van der Waals surface area contributed by atoms with Gasteiger partial charge in [0.05, 0.1) is 6.54 Å². The van der Waals surface area contributed by atoms with Gasteiger partial charge in [-0.25, -0.2) is 0 Å². The van der Waals surface area contributed by atoms with Crippen molar-refractivity contribution < 1.29 is 9.59 Å². The van der Waals surface area contributed by atoms with Crippen LogP contribution < -0.4 is 0 Å². The summed E-state index contributed by atoms with van der Waals surface area (Å²) in [6.07, 6.45) is 3.91.